The summed E-state index contributed by atoms with van der Waals surface area (Å²) in [4.78, 5) is 2.67. The van der Waals surface area contributed by atoms with E-state index in [-0.39, 0.29) is 0 Å². The summed E-state index contributed by atoms with van der Waals surface area (Å²) in [5, 5.41) is 3.68. The van der Waals surface area contributed by atoms with Crippen molar-refractivity contribution in [2.45, 2.75) is 37.8 Å². The number of nitrogens with zero attached hydrogens (tertiary/aromatic N) is 1. The molecule has 2 aliphatic heterocycles. The highest BCUT2D eigenvalue weighted by Crippen LogP contribution is 2.21. The molecule has 1 aromatic rings. The van der Waals surface area contributed by atoms with Crippen LogP contribution >= 0.6 is 0 Å². The molecule has 1 aromatic carbocycles. The number of likely N-dealkylation sites (tertiary alicyclic amines) is 1. The van der Waals surface area contributed by atoms with Gasteiger partial charge < -0.3 is 10.1 Å². The van der Waals surface area contributed by atoms with Gasteiger partial charge in [0.05, 0.1) is 0 Å². The molecule has 2 saturated heterocycles. The first-order chi connectivity index (χ1) is 9.42. The Morgan fingerprint density at radius 2 is 1.84 bits per heavy atom. The molecule has 19 heavy (non-hydrogen) atoms. The van der Waals surface area contributed by atoms with Crippen LogP contribution in [-0.2, 0) is 4.74 Å². The van der Waals surface area contributed by atoms with Crippen molar-refractivity contribution in [2.24, 2.45) is 0 Å². The fourth-order valence-electron chi connectivity index (χ4n) is 3.28. The van der Waals surface area contributed by atoms with Crippen LogP contribution in [0.3, 0.4) is 0 Å². The van der Waals surface area contributed by atoms with Crippen LogP contribution in [0.2, 0.25) is 0 Å². The van der Waals surface area contributed by atoms with Crippen LogP contribution in [0, 0.1) is 0 Å². The van der Waals surface area contributed by atoms with Crippen molar-refractivity contribution in [3.63, 3.8) is 0 Å². The molecule has 0 aliphatic carbocycles. The first-order valence-corrected chi connectivity index (χ1v) is 7.55. The van der Waals surface area contributed by atoms with Gasteiger partial charge in [-0.05, 0) is 44.4 Å². The third kappa shape index (κ3) is 3.48. The first kappa shape index (κ1) is 12.9. The zero-order chi connectivity index (χ0) is 12.9. The van der Waals surface area contributed by atoms with E-state index < -0.39 is 0 Å². The van der Waals surface area contributed by atoms with E-state index in [1.807, 2.05) is 0 Å². The quantitative estimate of drug-likeness (QED) is 0.904. The van der Waals surface area contributed by atoms with Gasteiger partial charge in [-0.25, -0.2) is 0 Å². The molecule has 0 saturated carbocycles. The number of hydrogen-bond acceptors (Lipinski definition) is 3. The molecule has 3 heteroatoms. The zero-order valence-corrected chi connectivity index (χ0v) is 11.6. The van der Waals surface area contributed by atoms with Crippen molar-refractivity contribution >= 4 is 5.69 Å². The van der Waals surface area contributed by atoms with E-state index >= 15 is 0 Å². The van der Waals surface area contributed by atoms with Gasteiger partial charge in [-0.15, -0.1) is 0 Å². The first-order valence-electron chi connectivity index (χ1n) is 7.55. The third-order valence-corrected chi connectivity index (χ3v) is 4.30. The molecule has 0 amide bonds. The Balaban J connectivity index is 1.55. The molecule has 1 atom stereocenters. The SMILES string of the molecule is c1ccc(NC2CCCN(C3CCOCC3)C2)cc1. The van der Waals surface area contributed by atoms with Gasteiger partial charge in [-0.1, -0.05) is 18.2 Å². The van der Waals surface area contributed by atoms with E-state index in [1.165, 1.54) is 44.5 Å². The Morgan fingerprint density at radius 3 is 2.63 bits per heavy atom. The molecule has 0 spiro atoms. The molecular formula is C16H24N2O. The minimum atomic E-state index is 0.596. The zero-order valence-electron chi connectivity index (χ0n) is 11.6. The Morgan fingerprint density at radius 1 is 1.05 bits per heavy atom. The largest absolute Gasteiger partial charge is 0.381 e. The van der Waals surface area contributed by atoms with Crippen LogP contribution < -0.4 is 5.32 Å². The average Bonchev–Trinajstić information content (AvgIpc) is 2.49. The third-order valence-electron chi connectivity index (χ3n) is 4.30. The number of piperidine rings is 1. The summed E-state index contributed by atoms with van der Waals surface area (Å²) in [5.74, 6) is 0. The summed E-state index contributed by atoms with van der Waals surface area (Å²) in [7, 11) is 0. The highest BCUT2D eigenvalue weighted by Gasteiger charge is 2.26. The van der Waals surface area contributed by atoms with Gasteiger partial charge in [0, 0.05) is 37.5 Å². The lowest BCUT2D eigenvalue weighted by Gasteiger charge is -2.40. The maximum atomic E-state index is 5.47. The molecule has 3 rings (SSSR count). The summed E-state index contributed by atoms with van der Waals surface area (Å²) < 4.78 is 5.47. The topological polar surface area (TPSA) is 24.5 Å². The van der Waals surface area contributed by atoms with E-state index in [2.05, 4.69) is 40.5 Å². The molecule has 3 nitrogen and oxygen atoms in total. The summed E-state index contributed by atoms with van der Waals surface area (Å²) in [6, 6.07) is 11.9. The molecule has 2 heterocycles. The van der Waals surface area contributed by atoms with Crippen LogP contribution in [-0.4, -0.2) is 43.3 Å². The fraction of sp³-hybridized carbons (Fsp3) is 0.625. The predicted molar refractivity (Wildman–Crippen MR) is 78.5 cm³/mol. The Kier molecular flexibility index (Phi) is 4.36. The Labute approximate surface area is 115 Å². The van der Waals surface area contributed by atoms with Gasteiger partial charge >= 0.3 is 0 Å². The van der Waals surface area contributed by atoms with Gasteiger partial charge in [0.2, 0.25) is 0 Å². The molecule has 1 N–H and O–H groups in total. The van der Waals surface area contributed by atoms with Crippen molar-refractivity contribution < 1.29 is 4.74 Å². The van der Waals surface area contributed by atoms with Gasteiger partial charge in [-0.3, -0.25) is 4.90 Å². The maximum absolute atomic E-state index is 5.47. The van der Waals surface area contributed by atoms with Crippen LogP contribution in [0.25, 0.3) is 0 Å². The Hall–Kier alpha value is -1.06. The number of anilines is 1. The molecule has 1 unspecified atom stereocenters. The van der Waals surface area contributed by atoms with Crippen molar-refractivity contribution in [1.29, 1.82) is 0 Å². The van der Waals surface area contributed by atoms with Crippen molar-refractivity contribution in [3.05, 3.63) is 30.3 Å². The highest BCUT2D eigenvalue weighted by molar-refractivity contribution is 5.43. The van der Waals surface area contributed by atoms with Crippen molar-refractivity contribution in [1.82, 2.24) is 4.90 Å². The predicted octanol–water partition coefficient (Wildman–Crippen LogP) is 2.74. The second-order valence-corrected chi connectivity index (χ2v) is 5.69. The van der Waals surface area contributed by atoms with E-state index in [4.69, 9.17) is 4.74 Å². The normalized spacial score (nSPS) is 26.2. The van der Waals surface area contributed by atoms with Crippen LogP contribution in [0.15, 0.2) is 30.3 Å². The Bertz CT molecular complexity index is 376. The van der Waals surface area contributed by atoms with Gasteiger partial charge in [-0.2, -0.15) is 0 Å². The number of para-hydroxylation sites is 1. The lowest BCUT2D eigenvalue weighted by Crippen LogP contribution is -2.48. The lowest BCUT2D eigenvalue weighted by atomic mass is 9.99. The van der Waals surface area contributed by atoms with Crippen LogP contribution in [0.4, 0.5) is 5.69 Å². The lowest BCUT2D eigenvalue weighted by molar-refractivity contribution is 0.0256. The van der Waals surface area contributed by atoms with E-state index in [9.17, 15) is 0 Å². The standard InChI is InChI=1S/C16H24N2O/c1-2-5-14(6-3-1)17-15-7-4-10-18(13-15)16-8-11-19-12-9-16/h1-3,5-6,15-17H,4,7-13H2. The second kappa shape index (κ2) is 6.40. The number of nitrogens with one attached hydrogen (secondary N) is 1. The molecule has 2 fully saturated rings. The molecule has 104 valence electrons. The number of ether oxygens (including phenoxy) is 1. The number of benzene rings is 1. The highest BCUT2D eigenvalue weighted by atomic mass is 16.5. The molecule has 0 aromatic heterocycles. The summed E-state index contributed by atoms with van der Waals surface area (Å²) in [6.07, 6.45) is 5.01. The average molecular weight is 260 g/mol. The van der Waals surface area contributed by atoms with E-state index in [0.29, 0.717) is 6.04 Å². The summed E-state index contributed by atoms with van der Waals surface area (Å²) >= 11 is 0. The molecular weight excluding hydrogens is 236 g/mol. The minimum Gasteiger partial charge on any atom is -0.381 e. The minimum absolute atomic E-state index is 0.596. The maximum Gasteiger partial charge on any atom is 0.0480 e. The summed E-state index contributed by atoms with van der Waals surface area (Å²) in [5.41, 5.74) is 1.25. The van der Waals surface area contributed by atoms with Crippen molar-refractivity contribution in [3.8, 4) is 0 Å². The molecule has 2 aliphatic rings. The van der Waals surface area contributed by atoms with Crippen LogP contribution in [0.5, 0.6) is 0 Å². The molecule has 0 radical (unpaired) electrons. The smallest absolute Gasteiger partial charge is 0.0480 e. The van der Waals surface area contributed by atoms with Crippen LogP contribution in [0.1, 0.15) is 25.7 Å². The molecule has 0 bridgehead atoms. The van der Waals surface area contributed by atoms with E-state index in [1.54, 1.807) is 0 Å². The second-order valence-electron chi connectivity index (χ2n) is 5.69. The van der Waals surface area contributed by atoms with Crippen molar-refractivity contribution in [2.75, 3.05) is 31.6 Å². The monoisotopic (exact) mass is 260 g/mol. The van der Waals surface area contributed by atoms with E-state index in [0.717, 1.165) is 19.3 Å². The fourth-order valence-corrected chi connectivity index (χ4v) is 3.28. The number of rotatable bonds is 3. The van der Waals surface area contributed by atoms with Gasteiger partial charge in [0.1, 0.15) is 0 Å². The van der Waals surface area contributed by atoms with Gasteiger partial charge in [0.25, 0.3) is 0 Å². The summed E-state index contributed by atoms with van der Waals surface area (Å²) in [6.45, 7) is 4.33. The number of hydrogen-bond donors (Lipinski definition) is 1. The van der Waals surface area contributed by atoms with Gasteiger partial charge in [0.15, 0.2) is 0 Å².